The van der Waals surface area contributed by atoms with Crippen LogP contribution in [0.25, 0.3) is 0 Å². The number of carbonyl (C=O) groups excluding carboxylic acids is 1. The summed E-state index contributed by atoms with van der Waals surface area (Å²) < 4.78 is 4.73. The topological polar surface area (TPSA) is 63.6 Å². The van der Waals surface area contributed by atoms with Crippen molar-refractivity contribution in [3.05, 3.63) is 0 Å². The highest BCUT2D eigenvalue weighted by Gasteiger charge is 2.17. The maximum absolute atomic E-state index is 10.7. The van der Waals surface area contributed by atoms with Crippen LogP contribution in [-0.4, -0.2) is 22.6 Å². The first kappa shape index (κ1) is 13.5. The third-order valence-electron chi connectivity index (χ3n) is 0.716. The summed E-state index contributed by atoms with van der Waals surface area (Å²) in [7, 11) is 0. The average Bonchev–Trinajstić information content (AvgIpc) is 1.53. The lowest BCUT2D eigenvalue weighted by Crippen LogP contribution is -2.25. The minimum atomic E-state index is -1.17. The average molecular weight is 176 g/mol. The number of rotatable bonds is 2. The summed E-state index contributed by atoms with van der Waals surface area (Å²) in [5.74, 6) is -1.87. The molecule has 4 heteroatoms. The van der Waals surface area contributed by atoms with Crippen LogP contribution in [0.2, 0.25) is 0 Å². The molecular weight excluding hydrogens is 160 g/mol. The Morgan fingerprint density at radius 2 is 1.75 bits per heavy atom. The summed E-state index contributed by atoms with van der Waals surface area (Å²) in [5.41, 5.74) is -0.605. The number of carbonyl (C=O) groups is 2. The molecule has 12 heavy (non-hydrogen) atoms. The molecular formula is C8H16O4. The molecule has 0 radical (unpaired) electrons. The summed E-state index contributed by atoms with van der Waals surface area (Å²) >= 11 is 0. The summed E-state index contributed by atoms with van der Waals surface area (Å²) in [4.78, 5) is 20.7. The summed E-state index contributed by atoms with van der Waals surface area (Å²) in [6.07, 6.45) is -0.572. The van der Waals surface area contributed by atoms with Gasteiger partial charge in [-0.25, -0.2) is 0 Å². The van der Waals surface area contributed by atoms with E-state index in [0.717, 1.165) is 0 Å². The Balaban J connectivity index is 0. The Hall–Kier alpha value is -1.06. The molecule has 0 rings (SSSR count). The lowest BCUT2D eigenvalue weighted by atomic mass is 10.2. The number of hydrogen-bond donors (Lipinski definition) is 1. The molecule has 0 unspecified atom stereocenters. The van der Waals surface area contributed by atoms with Crippen molar-refractivity contribution in [2.75, 3.05) is 0 Å². The van der Waals surface area contributed by atoms with Crippen LogP contribution in [0.4, 0.5) is 0 Å². The molecule has 0 spiro atoms. The van der Waals surface area contributed by atoms with E-state index < -0.39 is 24.0 Å². The standard InChI is InChI=1S/C7H12O4.CH4/c1-7(2,3)11-6(10)4-5(8)9;/h4H2,1-3H3,(H,8,9);1H4. The van der Waals surface area contributed by atoms with Crippen LogP contribution in [0.3, 0.4) is 0 Å². The number of ether oxygens (including phenoxy) is 1. The Morgan fingerprint density at radius 1 is 1.33 bits per heavy atom. The van der Waals surface area contributed by atoms with E-state index in [2.05, 4.69) is 0 Å². The van der Waals surface area contributed by atoms with Crippen LogP contribution in [0.1, 0.15) is 34.6 Å². The Morgan fingerprint density at radius 3 is 2.00 bits per heavy atom. The molecule has 0 fully saturated rings. The van der Waals surface area contributed by atoms with E-state index in [1.165, 1.54) is 0 Å². The van der Waals surface area contributed by atoms with E-state index >= 15 is 0 Å². The molecule has 0 saturated heterocycles. The number of esters is 1. The minimum Gasteiger partial charge on any atom is -0.481 e. The predicted molar refractivity (Wildman–Crippen MR) is 44.8 cm³/mol. The second kappa shape index (κ2) is 4.74. The lowest BCUT2D eigenvalue weighted by molar-refractivity contribution is -0.159. The van der Waals surface area contributed by atoms with E-state index in [1.54, 1.807) is 20.8 Å². The van der Waals surface area contributed by atoms with Crippen molar-refractivity contribution in [1.82, 2.24) is 0 Å². The highest BCUT2D eigenvalue weighted by atomic mass is 16.6. The highest BCUT2D eigenvalue weighted by Crippen LogP contribution is 2.07. The monoisotopic (exact) mass is 176 g/mol. The van der Waals surface area contributed by atoms with E-state index in [-0.39, 0.29) is 7.43 Å². The fraction of sp³-hybridized carbons (Fsp3) is 0.750. The van der Waals surface area contributed by atoms with E-state index in [4.69, 9.17) is 9.84 Å². The predicted octanol–water partition coefficient (Wildman–Crippen LogP) is 1.44. The van der Waals surface area contributed by atoms with E-state index in [1.807, 2.05) is 0 Å². The van der Waals surface area contributed by atoms with Crippen LogP contribution >= 0.6 is 0 Å². The Bertz CT molecular complexity index is 166. The van der Waals surface area contributed by atoms with Crippen LogP contribution in [0.5, 0.6) is 0 Å². The molecule has 0 heterocycles. The first-order valence-corrected chi connectivity index (χ1v) is 3.25. The van der Waals surface area contributed by atoms with Crippen molar-refractivity contribution < 1.29 is 19.4 Å². The van der Waals surface area contributed by atoms with E-state index in [0.29, 0.717) is 0 Å². The van der Waals surface area contributed by atoms with Crippen LogP contribution in [0.15, 0.2) is 0 Å². The molecule has 0 bridgehead atoms. The van der Waals surface area contributed by atoms with Crippen molar-refractivity contribution in [3.8, 4) is 0 Å². The third kappa shape index (κ3) is 8.94. The first-order valence-electron chi connectivity index (χ1n) is 3.25. The van der Waals surface area contributed by atoms with Crippen molar-refractivity contribution in [2.45, 2.75) is 40.2 Å². The number of carboxylic acid groups (broad SMARTS) is 1. The molecule has 0 atom stereocenters. The Kier molecular flexibility index (Phi) is 5.35. The first-order chi connectivity index (χ1) is 4.81. The molecule has 72 valence electrons. The maximum Gasteiger partial charge on any atom is 0.317 e. The van der Waals surface area contributed by atoms with Gasteiger partial charge < -0.3 is 9.84 Å². The molecule has 0 amide bonds. The second-order valence-corrected chi connectivity index (χ2v) is 3.16. The third-order valence-corrected chi connectivity index (χ3v) is 0.716. The van der Waals surface area contributed by atoms with Gasteiger partial charge in [-0.05, 0) is 20.8 Å². The van der Waals surface area contributed by atoms with Crippen molar-refractivity contribution in [3.63, 3.8) is 0 Å². The summed E-state index contributed by atoms with van der Waals surface area (Å²) in [6.45, 7) is 5.06. The van der Waals surface area contributed by atoms with Gasteiger partial charge in [0.05, 0.1) is 0 Å². The van der Waals surface area contributed by atoms with Gasteiger partial charge in [-0.1, -0.05) is 7.43 Å². The van der Waals surface area contributed by atoms with Gasteiger partial charge in [0.1, 0.15) is 12.0 Å². The van der Waals surface area contributed by atoms with Crippen LogP contribution in [0, 0.1) is 0 Å². The van der Waals surface area contributed by atoms with Gasteiger partial charge in [-0.3, -0.25) is 9.59 Å². The fourth-order valence-electron chi connectivity index (χ4n) is 0.501. The zero-order chi connectivity index (χ0) is 9.07. The van der Waals surface area contributed by atoms with Gasteiger partial charge in [-0.15, -0.1) is 0 Å². The SMILES string of the molecule is C.CC(C)(C)OC(=O)CC(=O)O. The Labute approximate surface area is 72.5 Å². The molecule has 0 aromatic rings. The molecule has 0 saturated carbocycles. The van der Waals surface area contributed by atoms with Crippen molar-refractivity contribution >= 4 is 11.9 Å². The number of hydrogen-bond acceptors (Lipinski definition) is 3. The molecule has 4 nitrogen and oxygen atoms in total. The quantitative estimate of drug-likeness (QED) is 0.510. The van der Waals surface area contributed by atoms with E-state index in [9.17, 15) is 9.59 Å². The van der Waals surface area contributed by atoms with Crippen LogP contribution < -0.4 is 0 Å². The zero-order valence-corrected chi connectivity index (χ0v) is 6.88. The van der Waals surface area contributed by atoms with Gasteiger partial charge in [0.2, 0.25) is 0 Å². The van der Waals surface area contributed by atoms with Gasteiger partial charge in [0.25, 0.3) is 0 Å². The minimum absolute atomic E-state index is 0. The largest absolute Gasteiger partial charge is 0.481 e. The van der Waals surface area contributed by atoms with Gasteiger partial charge in [0, 0.05) is 0 Å². The smallest absolute Gasteiger partial charge is 0.317 e. The van der Waals surface area contributed by atoms with Crippen LogP contribution in [-0.2, 0) is 14.3 Å². The van der Waals surface area contributed by atoms with Crippen molar-refractivity contribution in [1.29, 1.82) is 0 Å². The maximum atomic E-state index is 10.7. The normalized spacial score (nSPS) is 9.92. The van der Waals surface area contributed by atoms with Gasteiger partial charge >= 0.3 is 11.9 Å². The molecule has 1 N–H and O–H groups in total. The molecule has 0 aliphatic carbocycles. The fourth-order valence-corrected chi connectivity index (χ4v) is 0.501. The molecule has 0 aromatic heterocycles. The second-order valence-electron chi connectivity index (χ2n) is 3.16. The molecule has 0 aromatic carbocycles. The highest BCUT2D eigenvalue weighted by molar-refractivity contribution is 5.90. The number of carboxylic acids is 1. The molecule has 0 aliphatic heterocycles. The number of aliphatic carboxylic acids is 1. The summed E-state index contributed by atoms with van der Waals surface area (Å²) in [6, 6.07) is 0. The molecule has 0 aliphatic rings. The lowest BCUT2D eigenvalue weighted by Gasteiger charge is -2.18. The van der Waals surface area contributed by atoms with Gasteiger partial charge in [0.15, 0.2) is 0 Å². The zero-order valence-electron chi connectivity index (χ0n) is 6.88. The summed E-state index contributed by atoms with van der Waals surface area (Å²) in [5, 5.41) is 8.18. The van der Waals surface area contributed by atoms with Gasteiger partial charge in [-0.2, -0.15) is 0 Å². The van der Waals surface area contributed by atoms with Crippen molar-refractivity contribution in [2.24, 2.45) is 0 Å².